The second kappa shape index (κ2) is 6.52. The van der Waals surface area contributed by atoms with Crippen molar-refractivity contribution in [3.05, 3.63) is 0 Å². The van der Waals surface area contributed by atoms with Crippen molar-refractivity contribution in [3.63, 3.8) is 0 Å². The van der Waals surface area contributed by atoms with Crippen molar-refractivity contribution < 1.29 is 17.9 Å². The van der Waals surface area contributed by atoms with Crippen LogP contribution in [0, 0.1) is 11.8 Å². The molecule has 5 nitrogen and oxygen atoms in total. The van der Waals surface area contributed by atoms with E-state index < -0.39 is 9.84 Å². The van der Waals surface area contributed by atoms with E-state index in [0.29, 0.717) is 13.0 Å². The Hall–Kier alpha value is -0.620. The maximum absolute atomic E-state index is 11.5. The predicted octanol–water partition coefficient (Wildman–Crippen LogP) is 0.552. The van der Waals surface area contributed by atoms with E-state index in [-0.39, 0.29) is 29.3 Å². The van der Waals surface area contributed by atoms with Gasteiger partial charge in [-0.05, 0) is 18.9 Å². The molecule has 1 heterocycles. The molecule has 1 rings (SSSR count). The molecule has 0 bridgehead atoms. The minimum Gasteiger partial charge on any atom is -0.469 e. The highest BCUT2D eigenvalue weighted by Crippen LogP contribution is 2.24. The summed E-state index contributed by atoms with van der Waals surface area (Å²) >= 11 is 0. The van der Waals surface area contributed by atoms with Gasteiger partial charge >= 0.3 is 5.97 Å². The van der Waals surface area contributed by atoms with E-state index in [4.69, 9.17) is 4.74 Å². The van der Waals surface area contributed by atoms with Crippen LogP contribution in [0.2, 0.25) is 0 Å². The number of carbonyl (C=O) groups excluding carboxylic acids is 1. The van der Waals surface area contributed by atoms with Crippen LogP contribution in [0.15, 0.2) is 0 Å². The fourth-order valence-electron chi connectivity index (χ4n) is 2.36. The zero-order valence-corrected chi connectivity index (χ0v) is 12.2. The third-order valence-electron chi connectivity index (χ3n) is 3.56. The van der Waals surface area contributed by atoms with Crippen LogP contribution in [0.4, 0.5) is 0 Å². The lowest BCUT2D eigenvalue weighted by Crippen LogP contribution is -2.26. The van der Waals surface area contributed by atoms with Crippen LogP contribution in [-0.2, 0) is 19.4 Å². The number of ether oxygens (including phenoxy) is 1. The van der Waals surface area contributed by atoms with Crippen molar-refractivity contribution in [2.75, 3.05) is 38.2 Å². The van der Waals surface area contributed by atoms with Gasteiger partial charge in [-0.25, -0.2) is 8.42 Å². The highest BCUT2D eigenvalue weighted by molar-refractivity contribution is 7.91. The quantitative estimate of drug-likeness (QED) is 0.664. The number of nitrogens with zero attached hydrogens (tertiary/aromatic N) is 1. The zero-order chi connectivity index (χ0) is 13.8. The largest absolute Gasteiger partial charge is 0.469 e. The van der Waals surface area contributed by atoms with E-state index in [9.17, 15) is 13.2 Å². The first-order chi connectivity index (χ1) is 8.39. The smallest absolute Gasteiger partial charge is 0.310 e. The molecule has 0 N–H and O–H groups in total. The molecule has 0 radical (unpaired) electrons. The van der Waals surface area contributed by atoms with Crippen molar-refractivity contribution in [2.45, 2.75) is 20.3 Å². The number of methoxy groups -OCH3 is 1. The summed E-state index contributed by atoms with van der Waals surface area (Å²) in [6.45, 7) is 5.95. The number of carbonyl (C=O) groups is 1. The second-order valence-electron chi connectivity index (χ2n) is 4.96. The molecule has 0 amide bonds. The van der Waals surface area contributed by atoms with Crippen molar-refractivity contribution in [1.82, 2.24) is 4.90 Å². The second-order valence-corrected chi connectivity index (χ2v) is 7.43. The van der Waals surface area contributed by atoms with Gasteiger partial charge in [0.2, 0.25) is 0 Å². The molecule has 106 valence electrons. The molecule has 0 aromatic carbocycles. The van der Waals surface area contributed by atoms with Gasteiger partial charge in [0, 0.05) is 18.8 Å². The summed E-state index contributed by atoms with van der Waals surface area (Å²) in [7, 11) is -1.47. The van der Waals surface area contributed by atoms with E-state index in [0.717, 1.165) is 13.1 Å². The SMILES string of the molecule is CCS(=O)(=O)CCCN1CC(C)C(C(=O)OC)C1. The highest BCUT2D eigenvalue weighted by Gasteiger charge is 2.35. The molecule has 6 heteroatoms. The number of likely N-dealkylation sites (tertiary alicyclic amines) is 1. The van der Waals surface area contributed by atoms with Crippen LogP contribution < -0.4 is 0 Å². The summed E-state index contributed by atoms with van der Waals surface area (Å²) in [6, 6.07) is 0. The minimum absolute atomic E-state index is 0.0715. The maximum Gasteiger partial charge on any atom is 0.310 e. The van der Waals surface area contributed by atoms with E-state index in [2.05, 4.69) is 4.90 Å². The van der Waals surface area contributed by atoms with Crippen LogP contribution >= 0.6 is 0 Å². The summed E-state index contributed by atoms with van der Waals surface area (Å²) in [5, 5.41) is 0. The average molecular weight is 277 g/mol. The molecular formula is C12H23NO4S. The van der Waals surface area contributed by atoms with Gasteiger partial charge in [-0.3, -0.25) is 4.79 Å². The average Bonchev–Trinajstić information content (AvgIpc) is 2.69. The zero-order valence-electron chi connectivity index (χ0n) is 11.4. The van der Waals surface area contributed by atoms with Gasteiger partial charge in [0.1, 0.15) is 9.84 Å². The molecule has 0 aromatic rings. The van der Waals surface area contributed by atoms with Gasteiger partial charge in [0.05, 0.1) is 18.8 Å². The summed E-state index contributed by atoms with van der Waals surface area (Å²) in [5.74, 6) is 0.482. The Morgan fingerprint density at radius 2 is 2.06 bits per heavy atom. The predicted molar refractivity (Wildman–Crippen MR) is 70.1 cm³/mol. The molecule has 0 aromatic heterocycles. The molecule has 0 saturated carbocycles. The monoisotopic (exact) mass is 277 g/mol. The van der Waals surface area contributed by atoms with E-state index in [1.165, 1.54) is 7.11 Å². The first-order valence-electron chi connectivity index (χ1n) is 6.40. The first-order valence-corrected chi connectivity index (χ1v) is 8.22. The Bertz CT molecular complexity index is 380. The van der Waals surface area contributed by atoms with Gasteiger partial charge in [-0.15, -0.1) is 0 Å². The minimum atomic E-state index is -2.88. The summed E-state index contributed by atoms with van der Waals surface area (Å²) in [4.78, 5) is 13.7. The Morgan fingerprint density at radius 3 is 2.61 bits per heavy atom. The number of sulfone groups is 1. The van der Waals surface area contributed by atoms with Gasteiger partial charge < -0.3 is 9.64 Å². The molecule has 1 aliphatic rings. The first kappa shape index (κ1) is 15.4. The van der Waals surface area contributed by atoms with Crippen molar-refractivity contribution in [1.29, 1.82) is 0 Å². The fourth-order valence-corrected chi connectivity index (χ4v) is 3.22. The van der Waals surface area contributed by atoms with E-state index >= 15 is 0 Å². The third-order valence-corrected chi connectivity index (χ3v) is 5.35. The van der Waals surface area contributed by atoms with Crippen molar-refractivity contribution >= 4 is 15.8 Å². The summed E-state index contributed by atoms with van der Waals surface area (Å²) in [5.41, 5.74) is 0. The molecule has 2 atom stereocenters. The number of rotatable bonds is 6. The number of hydrogen-bond acceptors (Lipinski definition) is 5. The standard InChI is InChI=1S/C12H23NO4S/c1-4-18(15,16)7-5-6-13-8-10(2)11(9-13)12(14)17-3/h10-11H,4-9H2,1-3H3. The lowest BCUT2D eigenvalue weighted by atomic mass is 9.99. The summed E-state index contributed by atoms with van der Waals surface area (Å²) in [6.07, 6.45) is 0.636. The topological polar surface area (TPSA) is 63.7 Å². The van der Waals surface area contributed by atoms with Crippen LogP contribution in [0.25, 0.3) is 0 Å². The molecule has 2 unspecified atom stereocenters. The summed E-state index contributed by atoms with van der Waals surface area (Å²) < 4.78 is 27.5. The number of hydrogen-bond donors (Lipinski definition) is 0. The lowest BCUT2D eigenvalue weighted by Gasteiger charge is -2.14. The number of esters is 1. The van der Waals surface area contributed by atoms with Gasteiger partial charge in [0.15, 0.2) is 0 Å². The van der Waals surface area contributed by atoms with Crippen LogP contribution in [0.5, 0.6) is 0 Å². The fraction of sp³-hybridized carbons (Fsp3) is 0.917. The molecular weight excluding hydrogens is 254 g/mol. The highest BCUT2D eigenvalue weighted by atomic mass is 32.2. The van der Waals surface area contributed by atoms with Crippen LogP contribution in [0.1, 0.15) is 20.3 Å². The van der Waals surface area contributed by atoms with Crippen LogP contribution in [0.3, 0.4) is 0 Å². The maximum atomic E-state index is 11.5. The Kier molecular flexibility index (Phi) is 5.59. The van der Waals surface area contributed by atoms with Crippen LogP contribution in [-0.4, -0.2) is 57.5 Å². The van der Waals surface area contributed by atoms with E-state index in [1.54, 1.807) is 6.92 Å². The van der Waals surface area contributed by atoms with Gasteiger partial charge in [0.25, 0.3) is 0 Å². The Morgan fingerprint density at radius 1 is 1.39 bits per heavy atom. The van der Waals surface area contributed by atoms with Crippen molar-refractivity contribution in [3.8, 4) is 0 Å². The lowest BCUT2D eigenvalue weighted by molar-refractivity contribution is -0.146. The molecule has 18 heavy (non-hydrogen) atoms. The van der Waals surface area contributed by atoms with E-state index in [1.807, 2.05) is 6.92 Å². The molecule has 0 spiro atoms. The molecule has 1 saturated heterocycles. The van der Waals surface area contributed by atoms with Gasteiger partial charge in [-0.1, -0.05) is 13.8 Å². The molecule has 0 aliphatic carbocycles. The third kappa shape index (κ3) is 4.24. The Balaban J connectivity index is 2.36. The normalized spacial score (nSPS) is 25.3. The Labute approximate surface area is 109 Å². The molecule has 1 aliphatic heterocycles. The van der Waals surface area contributed by atoms with Crippen molar-refractivity contribution in [2.24, 2.45) is 11.8 Å². The van der Waals surface area contributed by atoms with Gasteiger partial charge in [-0.2, -0.15) is 0 Å². The molecule has 1 fully saturated rings.